The third-order valence-corrected chi connectivity index (χ3v) is 3.96. The molecule has 22 heavy (non-hydrogen) atoms. The minimum absolute atomic E-state index is 0.0225. The zero-order chi connectivity index (χ0) is 17.0. The number of imide groups is 2. The lowest BCUT2D eigenvalue weighted by Crippen LogP contribution is -2.57. The van der Waals surface area contributed by atoms with Crippen molar-refractivity contribution in [2.75, 3.05) is 26.1 Å². The van der Waals surface area contributed by atoms with Crippen molar-refractivity contribution < 1.29 is 28.5 Å². The summed E-state index contributed by atoms with van der Waals surface area (Å²) in [7, 11) is 1.28. The van der Waals surface area contributed by atoms with Gasteiger partial charge in [-0.2, -0.15) is 0 Å². The van der Waals surface area contributed by atoms with E-state index in [0.29, 0.717) is 0 Å². The molecule has 0 saturated carbocycles. The van der Waals surface area contributed by atoms with Gasteiger partial charge in [-0.05, 0) is 6.42 Å². The molecule has 1 rings (SSSR count). The fourth-order valence-corrected chi connectivity index (χ4v) is 2.35. The standard InChI is InChI=1S/C12H17N3O6S/c1-14-9(16)7(10(17)15(2)12(14)20)6-13-8(11(18)19)4-5-22(3)21/h6-8H,4-5H2,1-3H3,(H,18,19)/t8-,22-/m1/s1. The van der Waals surface area contributed by atoms with Gasteiger partial charge in [0.25, 0.3) is 0 Å². The minimum atomic E-state index is -1.33. The number of carboxylic acid groups (broad SMARTS) is 1. The summed E-state index contributed by atoms with van der Waals surface area (Å²) in [6.07, 6.45) is 2.41. The fraction of sp³-hybridized carbons (Fsp3) is 0.583. The van der Waals surface area contributed by atoms with Crippen molar-refractivity contribution in [3.05, 3.63) is 0 Å². The summed E-state index contributed by atoms with van der Waals surface area (Å²) in [5, 5.41) is 9.04. The van der Waals surface area contributed by atoms with Gasteiger partial charge >= 0.3 is 12.0 Å². The molecule has 0 aromatic carbocycles. The summed E-state index contributed by atoms with van der Waals surface area (Å²) in [5.74, 6) is -3.96. The number of hydrogen-bond donors (Lipinski definition) is 1. The third kappa shape index (κ3) is 3.97. The summed E-state index contributed by atoms with van der Waals surface area (Å²) in [6.45, 7) is 0. The molecule has 0 unspecified atom stereocenters. The molecule has 0 bridgehead atoms. The molecule has 0 aromatic heterocycles. The van der Waals surface area contributed by atoms with Gasteiger partial charge in [0.15, 0.2) is 5.92 Å². The smallest absolute Gasteiger partial charge is 0.332 e. The molecule has 1 aliphatic heterocycles. The number of carbonyl (C=O) groups excluding carboxylic acids is 3. The van der Waals surface area contributed by atoms with Crippen molar-refractivity contribution >= 4 is 40.8 Å². The molecule has 1 saturated heterocycles. The quantitative estimate of drug-likeness (QED) is 0.489. The van der Waals surface area contributed by atoms with Crippen molar-refractivity contribution in [2.45, 2.75) is 12.5 Å². The van der Waals surface area contributed by atoms with Crippen LogP contribution in [0.1, 0.15) is 6.42 Å². The van der Waals surface area contributed by atoms with Gasteiger partial charge in [0, 0.05) is 43.1 Å². The molecule has 2 atom stereocenters. The number of carboxylic acids is 1. The van der Waals surface area contributed by atoms with E-state index < -0.39 is 46.6 Å². The van der Waals surface area contributed by atoms with Crippen LogP contribution in [-0.2, 0) is 25.2 Å². The van der Waals surface area contributed by atoms with Crippen LogP contribution >= 0.6 is 0 Å². The number of barbiturate groups is 1. The zero-order valence-corrected chi connectivity index (χ0v) is 13.2. The number of aliphatic carboxylic acids is 1. The van der Waals surface area contributed by atoms with Gasteiger partial charge in [-0.25, -0.2) is 9.59 Å². The van der Waals surface area contributed by atoms with E-state index in [1.165, 1.54) is 20.4 Å². The van der Waals surface area contributed by atoms with Crippen LogP contribution in [0.5, 0.6) is 0 Å². The van der Waals surface area contributed by atoms with Crippen molar-refractivity contribution in [3.8, 4) is 0 Å². The number of amides is 4. The molecule has 10 heteroatoms. The Hall–Kier alpha value is -2.10. The van der Waals surface area contributed by atoms with Gasteiger partial charge < -0.3 is 5.11 Å². The first-order valence-electron chi connectivity index (χ1n) is 6.32. The van der Waals surface area contributed by atoms with Crippen LogP contribution in [0.25, 0.3) is 0 Å². The number of urea groups is 1. The van der Waals surface area contributed by atoms with E-state index in [2.05, 4.69) is 4.99 Å². The van der Waals surface area contributed by atoms with Gasteiger partial charge in [0.2, 0.25) is 11.8 Å². The highest BCUT2D eigenvalue weighted by atomic mass is 32.2. The maximum atomic E-state index is 11.9. The Labute approximate surface area is 129 Å². The maximum Gasteiger partial charge on any atom is 0.332 e. The number of aliphatic imine (C=N–C) groups is 1. The lowest BCUT2D eigenvalue weighted by Gasteiger charge is -2.31. The topological polar surface area (TPSA) is 124 Å². The fourth-order valence-electron chi connectivity index (χ4n) is 1.79. The molecular formula is C12H17N3O6S. The van der Waals surface area contributed by atoms with Crippen molar-refractivity contribution in [3.63, 3.8) is 0 Å². The molecule has 0 spiro atoms. The molecule has 0 aliphatic carbocycles. The number of hydrogen-bond acceptors (Lipinski definition) is 6. The van der Waals surface area contributed by atoms with Gasteiger partial charge in [0.1, 0.15) is 6.04 Å². The van der Waals surface area contributed by atoms with E-state index in [9.17, 15) is 23.4 Å². The molecule has 122 valence electrons. The summed E-state index contributed by atoms with van der Waals surface area (Å²) in [5.41, 5.74) is 0. The molecule has 1 fully saturated rings. The largest absolute Gasteiger partial charge is 0.480 e. The van der Waals surface area contributed by atoms with E-state index in [-0.39, 0.29) is 12.2 Å². The van der Waals surface area contributed by atoms with E-state index in [0.717, 1.165) is 16.0 Å². The lowest BCUT2D eigenvalue weighted by atomic mass is 10.1. The normalized spacial score (nSPS) is 19.9. The lowest BCUT2D eigenvalue weighted by molar-refractivity contribution is -0.144. The second-order valence-electron chi connectivity index (χ2n) is 4.77. The number of carbonyl (C=O) groups is 4. The van der Waals surface area contributed by atoms with Crippen LogP contribution in [0.15, 0.2) is 4.99 Å². The molecule has 0 radical (unpaired) electrons. The van der Waals surface area contributed by atoms with Crippen LogP contribution in [-0.4, -0.2) is 81.3 Å². The van der Waals surface area contributed by atoms with Crippen LogP contribution < -0.4 is 0 Å². The van der Waals surface area contributed by atoms with Gasteiger partial charge in [-0.3, -0.25) is 28.6 Å². The predicted octanol–water partition coefficient (Wildman–Crippen LogP) is -1.05. The molecular weight excluding hydrogens is 314 g/mol. The summed E-state index contributed by atoms with van der Waals surface area (Å²) < 4.78 is 11.0. The van der Waals surface area contributed by atoms with Crippen LogP contribution in [0.4, 0.5) is 4.79 Å². The Morgan fingerprint density at radius 1 is 1.32 bits per heavy atom. The zero-order valence-electron chi connectivity index (χ0n) is 12.4. The first-order chi connectivity index (χ1) is 10.2. The average molecular weight is 331 g/mol. The van der Waals surface area contributed by atoms with Crippen molar-refractivity contribution in [1.82, 2.24) is 9.80 Å². The monoisotopic (exact) mass is 331 g/mol. The summed E-state index contributed by atoms with van der Waals surface area (Å²) in [6, 6.07) is -1.95. The first kappa shape index (κ1) is 18.0. The van der Waals surface area contributed by atoms with E-state index >= 15 is 0 Å². The van der Waals surface area contributed by atoms with Gasteiger partial charge in [-0.15, -0.1) is 0 Å². The Kier molecular flexibility index (Phi) is 5.92. The Balaban J connectivity index is 2.91. The second kappa shape index (κ2) is 7.25. The Bertz CT molecular complexity index is 537. The molecule has 1 N–H and O–H groups in total. The summed E-state index contributed by atoms with van der Waals surface area (Å²) >= 11 is 0. The van der Waals surface area contributed by atoms with Crippen molar-refractivity contribution in [1.29, 1.82) is 0 Å². The van der Waals surface area contributed by atoms with E-state index in [1.54, 1.807) is 0 Å². The SMILES string of the molecule is CN1C(=O)C(C=N[C@H](CC[S@@](C)=O)C(=O)O)C(=O)N(C)C1=O. The van der Waals surface area contributed by atoms with Gasteiger partial charge in [0.05, 0.1) is 0 Å². The highest BCUT2D eigenvalue weighted by Crippen LogP contribution is 2.14. The van der Waals surface area contributed by atoms with Crippen molar-refractivity contribution in [2.24, 2.45) is 10.9 Å². The number of rotatable bonds is 6. The van der Waals surface area contributed by atoms with E-state index in [4.69, 9.17) is 5.11 Å². The maximum absolute atomic E-state index is 11.9. The molecule has 9 nitrogen and oxygen atoms in total. The van der Waals surface area contributed by atoms with Gasteiger partial charge in [-0.1, -0.05) is 0 Å². The van der Waals surface area contributed by atoms with Crippen LogP contribution in [0, 0.1) is 5.92 Å². The highest BCUT2D eigenvalue weighted by Gasteiger charge is 2.41. The number of nitrogens with zero attached hydrogens (tertiary/aromatic N) is 3. The Morgan fingerprint density at radius 2 is 1.82 bits per heavy atom. The average Bonchev–Trinajstić information content (AvgIpc) is 2.45. The third-order valence-electron chi connectivity index (χ3n) is 3.15. The highest BCUT2D eigenvalue weighted by molar-refractivity contribution is 7.84. The summed E-state index contributed by atoms with van der Waals surface area (Å²) in [4.78, 5) is 51.7. The molecule has 0 aromatic rings. The van der Waals surface area contributed by atoms with Crippen LogP contribution in [0.2, 0.25) is 0 Å². The second-order valence-corrected chi connectivity index (χ2v) is 6.33. The predicted molar refractivity (Wildman–Crippen MR) is 77.9 cm³/mol. The van der Waals surface area contributed by atoms with E-state index in [1.807, 2.05) is 0 Å². The molecule has 4 amide bonds. The molecule has 1 heterocycles. The minimum Gasteiger partial charge on any atom is -0.480 e. The first-order valence-corrected chi connectivity index (χ1v) is 8.04. The molecule has 1 aliphatic rings. The Morgan fingerprint density at radius 3 is 2.23 bits per heavy atom. The van der Waals surface area contributed by atoms with Crippen LogP contribution in [0.3, 0.4) is 0 Å².